The molecule has 4 aromatic carbocycles. The second kappa shape index (κ2) is 14.5. The summed E-state index contributed by atoms with van der Waals surface area (Å²) in [6, 6.07) is 28.9. The topological polar surface area (TPSA) is 87.3 Å². The highest BCUT2D eigenvalue weighted by atomic mass is 35.5. The van der Waals surface area contributed by atoms with Crippen molar-refractivity contribution >= 4 is 58.5 Å². The molecule has 3 amide bonds. The summed E-state index contributed by atoms with van der Waals surface area (Å²) < 4.78 is 0. The fourth-order valence-electron chi connectivity index (χ4n) is 4.12. The first-order valence-corrected chi connectivity index (χ1v) is 14.8. The Bertz CT molecular complexity index is 1620. The number of thioether (sulfide) groups is 1. The molecule has 0 aliphatic rings. The van der Waals surface area contributed by atoms with Crippen LogP contribution in [0.2, 0.25) is 5.02 Å². The summed E-state index contributed by atoms with van der Waals surface area (Å²) in [5, 5.41) is 8.84. The van der Waals surface area contributed by atoms with Crippen LogP contribution < -0.4 is 16.0 Å². The smallest absolute Gasteiger partial charge is 0.272 e. The minimum atomic E-state index is -0.499. The molecule has 0 aromatic heterocycles. The molecule has 0 radical (unpaired) electrons. The molecule has 4 aromatic rings. The third-order valence-electron chi connectivity index (χ3n) is 6.37. The zero-order chi connectivity index (χ0) is 30.1. The van der Waals surface area contributed by atoms with Gasteiger partial charge in [-0.05, 0) is 91.6 Å². The fraction of sp³-hybridized carbons (Fsp3) is 0.147. The Morgan fingerprint density at radius 3 is 2.36 bits per heavy atom. The predicted octanol–water partition coefficient (Wildman–Crippen LogP) is 7.88. The normalized spacial score (nSPS) is 11.9. The number of hydrogen-bond donors (Lipinski definition) is 3. The maximum Gasteiger partial charge on any atom is 0.272 e. The number of amides is 3. The standard InChI is InChI=1S/C34H32ClN3O3S/c1-4-31(34(41)37-29-18-22(2)16-17-23(29)3)42-28-15-9-14-27(21-28)36-33(40)30(20-24-10-8-13-26(35)19-24)38-32(39)25-11-6-5-7-12-25/h5-21,31H,4H2,1-3H3,(H,36,40)(H,37,41)(H,38,39)/b30-20-. The highest BCUT2D eigenvalue weighted by Gasteiger charge is 2.20. The van der Waals surface area contributed by atoms with E-state index >= 15 is 0 Å². The molecule has 8 heteroatoms. The zero-order valence-electron chi connectivity index (χ0n) is 23.6. The molecule has 1 atom stereocenters. The summed E-state index contributed by atoms with van der Waals surface area (Å²) in [5.41, 5.74) is 4.54. The van der Waals surface area contributed by atoms with Crippen LogP contribution in [0.3, 0.4) is 0 Å². The van der Waals surface area contributed by atoms with Crippen LogP contribution >= 0.6 is 23.4 Å². The van der Waals surface area contributed by atoms with Crippen LogP contribution in [0, 0.1) is 13.8 Å². The van der Waals surface area contributed by atoms with Crippen molar-refractivity contribution < 1.29 is 14.4 Å². The van der Waals surface area contributed by atoms with Crippen molar-refractivity contribution in [2.45, 2.75) is 37.3 Å². The molecule has 0 spiro atoms. The maximum absolute atomic E-state index is 13.4. The van der Waals surface area contributed by atoms with E-state index in [9.17, 15) is 14.4 Å². The monoisotopic (exact) mass is 597 g/mol. The SMILES string of the molecule is CCC(Sc1cccc(NC(=O)/C(=C/c2cccc(Cl)c2)NC(=O)c2ccccc2)c1)C(=O)Nc1cc(C)ccc1C. The van der Waals surface area contributed by atoms with Crippen LogP contribution in [0.1, 0.15) is 40.4 Å². The Morgan fingerprint density at radius 2 is 1.62 bits per heavy atom. The average molecular weight is 598 g/mol. The highest BCUT2D eigenvalue weighted by molar-refractivity contribution is 8.00. The molecule has 6 nitrogen and oxygen atoms in total. The lowest BCUT2D eigenvalue weighted by Crippen LogP contribution is -2.30. The lowest BCUT2D eigenvalue weighted by molar-refractivity contribution is -0.116. The Morgan fingerprint density at radius 1 is 0.857 bits per heavy atom. The second-order valence-corrected chi connectivity index (χ2v) is 11.5. The molecule has 0 fully saturated rings. The van der Waals surface area contributed by atoms with Crippen LogP contribution in [0.15, 0.2) is 108 Å². The van der Waals surface area contributed by atoms with E-state index in [-0.39, 0.29) is 16.9 Å². The van der Waals surface area contributed by atoms with E-state index in [1.165, 1.54) is 11.8 Å². The van der Waals surface area contributed by atoms with Gasteiger partial charge >= 0.3 is 0 Å². The first-order valence-electron chi connectivity index (χ1n) is 13.5. The van der Waals surface area contributed by atoms with Gasteiger partial charge in [0.25, 0.3) is 11.8 Å². The summed E-state index contributed by atoms with van der Waals surface area (Å²) in [4.78, 5) is 40.3. The number of hydrogen-bond acceptors (Lipinski definition) is 4. The van der Waals surface area contributed by atoms with Gasteiger partial charge in [-0.2, -0.15) is 0 Å². The molecule has 214 valence electrons. The van der Waals surface area contributed by atoms with Crippen LogP contribution in [-0.4, -0.2) is 23.0 Å². The van der Waals surface area contributed by atoms with Crippen molar-refractivity contribution in [3.8, 4) is 0 Å². The Hall–Kier alpha value is -4.33. The molecule has 0 aliphatic carbocycles. The zero-order valence-corrected chi connectivity index (χ0v) is 25.2. The van der Waals surface area contributed by atoms with Gasteiger partial charge in [-0.3, -0.25) is 14.4 Å². The first kappa shape index (κ1) is 30.6. The van der Waals surface area contributed by atoms with Crippen LogP contribution in [0.25, 0.3) is 6.08 Å². The number of anilines is 2. The number of carbonyl (C=O) groups is 3. The lowest BCUT2D eigenvalue weighted by Gasteiger charge is -2.17. The summed E-state index contributed by atoms with van der Waals surface area (Å²) >= 11 is 7.57. The summed E-state index contributed by atoms with van der Waals surface area (Å²) in [5.74, 6) is -0.994. The summed E-state index contributed by atoms with van der Waals surface area (Å²) in [7, 11) is 0. The third-order valence-corrected chi connectivity index (χ3v) is 7.97. The number of halogens is 1. The van der Waals surface area contributed by atoms with E-state index in [1.54, 1.807) is 60.7 Å². The molecular weight excluding hydrogens is 566 g/mol. The van der Waals surface area contributed by atoms with Crippen LogP contribution in [-0.2, 0) is 9.59 Å². The molecule has 0 aliphatic heterocycles. The molecule has 0 heterocycles. The van der Waals surface area contributed by atoms with E-state index in [0.717, 1.165) is 21.7 Å². The highest BCUT2D eigenvalue weighted by Crippen LogP contribution is 2.29. The van der Waals surface area contributed by atoms with Gasteiger partial charge in [0.2, 0.25) is 5.91 Å². The lowest BCUT2D eigenvalue weighted by atomic mass is 10.1. The third kappa shape index (κ3) is 8.59. The van der Waals surface area contributed by atoms with E-state index in [2.05, 4.69) is 16.0 Å². The van der Waals surface area contributed by atoms with Crippen LogP contribution in [0.4, 0.5) is 11.4 Å². The van der Waals surface area contributed by atoms with Crippen molar-refractivity contribution in [3.63, 3.8) is 0 Å². The number of carbonyl (C=O) groups excluding carboxylic acids is 3. The van der Waals surface area contributed by atoms with E-state index < -0.39 is 11.8 Å². The second-order valence-electron chi connectivity index (χ2n) is 9.74. The van der Waals surface area contributed by atoms with Gasteiger partial charge in [0.05, 0.1) is 5.25 Å². The molecule has 42 heavy (non-hydrogen) atoms. The van der Waals surface area contributed by atoms with Gasteiger partial charge in [-0.25, -0.2) is 0 Å². The maximum atomic E-state index is 13.4. The number of nitrogens with one attached hydrogen (secondary N) is 3. The van der Waals surface area contributed by atoms with Crippen molar-refractivity contribution in [2.24, 2.45) is 0 Å². The predicted molar refractivity (Wildman–Crippen MR) is 173 cm³/mol. The molecule has 0 saturated heterocycles. The molecule has 4 rings (SSSR count). The van der Waals surface area contributed by atoms with E-state index in [0.29, 0.717) is 28.3 Å². The quantitative estimate of drug-likeness (QED) is 0.128. The van der Waals surface area contributed by atoms with E-state index in [1.807, 2.05) is 63.2 Å². The summed E-state index contributed by atoms with van der Waals surface area (Å²) in [6.45, 7) is 5.92. The average Bonchev–Trinajstić information content (AvgIpc) is 2.98. The number of aryl methyl sites for hydroxylation is 2. The van der Waals surface area contributed by atoms with Gasteiger partial charge in [-0.1, -0.05) is 67.1 Å². The molecule has 1 unspecified atom stereocenters. The number of rotatable bonds is 10. The largest absolute Gasteiger partial charge is 0.325 e. The Kier molecular flexibility index (Phi) is 10.6. The number of benzene rings is 4. The Balaban J connectivity index is 1.51. The van der Waals surface area contributed by atoms with E-state index in [4.69, 9.17) is 11.6 Å². The van der Waals surface area contributed by atoms with Crippen LogP contribution in [0.5, 0.6) is 0 Å². The van der Waals surface area contributed by atoms with Crippen molar-refractivity contribution in [1.29, 1.82) is 0 Å². The van der Waals surface area contributed by atoms with Crippen molar-refractivity contribution in [1.82, 2.24) is 5.32 Å². The minimum Gasteiger partial charge on any atom is -0.325 e. The molecular formula is C34H32ClN3O3S. The van der Waals surface area contributed by atoms with Gasteiger partial charge in [-0.15, -0.1) is 11.8 Å². The van der Waals surface area contributed by atoms with Crippen molar-refractivity contribution in [3.05, 3.63) is 130 Å². The van der Waals surface area contributed by atoms with Gasteiger partial charge in [0.1, 0.15) is 5.70 Å². The minimum absolute atomic E-state index is 0.0588. The van der Waals surface area contributed by atoms with Gasteiger partial charge < -0.3 is 16.0 Å². The van der Waals surface area contributed by atoms with Crippen molar-refractivity contribution in [2.75, 3.05) is 10.6 Å². The Labute approximate surface area is 255 Å². The molecule has 0 bridgehead atoms. The fourth-order valence-corrected chi connectivity index (χ4v) is 5.33. The first-order chi connectivity index (χ1) is 20.2. The van der Waals surface area contributed by atoms with Gasteiger partial charge in [0, 0.05) is 26.9 Å². The molecule has 3 N–H and O–H groups in total. The molecule has 0 saturated carbocycles. The van der Waals surface area contributed by atoms with Gasteiger partial charge in [0.15, 0.2) is 0 Å². The summed E-state index contributed by atoms with van der Waals surface area (Å²) in [6.07, 6.45) is 2.20.